The van der Waals surface area contributed by atoms with Gasteiger partial charge in [0.2, 0.25) is 0 Å². The summed E-state index contributed by atoms with van der Waals surface area (Å²) in [7, 11) is 3.69. The molecule has 0 aliphatic carbocycles. The highest BCUT2D eigenvalue weighted by atomic mass is 35.5. The summed E-state index contributed by atoms with van der Waals surface area (Å²) in [5.74, 6) is 1.37. The normalized spacial score (nSPS) is 15.9. The maximum atomic E-state index is 11.8. The first kappa shape index (κ1) is 24.9. The van der Waals surface area contributed by atoms with Crippen molar-refractivity contribution in [3.63, 3.8) is 0 Å². The van der Waals surface area contributed by atoms with Crippen LogP contribution < -0.4 is 20.1 Å². The van der Waals surface area contributed by atoms with E-state index < -0.39 is 0 Å². The molecular formula is C27H28ClN5O4. The molecule has 1 aliphatic heterocycles. The lowest BCUT2D eigenvalue weighted by Crippen LogP contribution is -2.40. The van der Waals surface area contributed by atoms with Crippen LogP contribution >= 0.6 is 11.6 Å². The second kappa shape index (κ2) is 11.1. The number of benzene rings is 2. The molecule has 1 saturated heterocycles. The van der Waals surface area contributed by atoms with Crippen LogP contribution in [0.3, 0.4) is 0 Å². The van der Waals surface area contributed by atoms with Crippen LogP contribution in [0.25, 0.3) is 11.1 Å². The Morgan fingerprint density at radius 1 is 1.16 bits per heavy atom. The summed E-state index contributed by atoms with van der Waals surface area (Å²) in [5, 5.41) is 6.28. The van der Waals surface area contributed by atoms with Gasteiger partial charge in [-0.2, -0.15) is 4.98 Å². The number of rotatable bonds is 8. The van der Waals surface area contributed by atoms with Crippen LogP contribution in [0.5, 0.6) is 17.2 Å². The van der Waals surface area contributed by atoms with Gasteiger partial charge in [0.05, 0.1) is 5.02 Å². The maximum absolute atomic E-state index is 11.8. The predicted molar refractivity (Wildman–Crippen MR) is 142 cm³/mol. The highest BCUT2D eigenvalue weighted by Crippen LogP contribution is 2.32. The third-order valence-electron chi connectivity index (χ3n) is 6.32. The standard InChI is InChI=1S/C27H28ClN5O4/c1-29-26(34)23-15-20(10-11-30-23)36-19-7-9-24-22(14-19)32-27(37-24)31-17-6-8-21(28)25(13-17)35-16-18-5-3-4-12-33(18)2/h6-11,13-15,18H,3-5,12,16H2,1-2H3,(H,29,34)(H,31,32). The Bertz CT molecular complexity index is 1410. The van der Waals surface area contributed by atoms with E-state index in [1.165, 1.54) is 19.0 Å². The number of piperidine rings is 1. The number of hydrogen-bond acceptors (Lipinski definition) is 8. The zero-order valence-corrected chi connectivity index (χ0v) is 21.4. The Balaban J connectivity index is 1.27. The molecule has 2 aromatic heterocycles. The van der Waals surface area contributed by atoms with E-state index in [1.54, 1.807) is 43.4 Å². The number of anilines is 2. The zero-order valence-electron chi connectivity index (χ0n) is 20.7. The molecule has 2 N–H and O–H groups in total. The van der Waals surface area contributed by atoms with Gasteiger partial charge in [0.1, 0.15) is 35.1 Å². The van der Waals surface area contributed by atoms with Crippen LogP contribution in [0.4, 0.5) is 11.7 Å². The summed E-state index contributed by atoms with van der Waals surface area (Å²) in [4.78, 5) is 22.8. The Kier molecular flexibility index (Phi) is 7.43. The number of nitrogens with zero attached hydrogens (tertiary/aromatic N) is 3. The molecule has 1 amide bonds. The third-order valence-corrected chi connectivity index (χ3v) is 6.63. The van der Waals surface area contributed by atoms with Crippen molar-refractivity contribution in [2.45, 2.75) is 25.3 Å². The maximum Gasteiger partial charge on any atom is 0.300 e. The molecule has 5 rings (SSSR count). The summed E-state index contributed by atoms with van der Waals surface area (Å²) in [5.41, 5.74) is 2.23. The predicted octanol–water partition coefficient (Wildman–Crippen LogP) is 5.63. The van der Waals surface area contributed by atoms with Crippen molar-refractivity contribution < 1.29 is 18.7 Å². The molecule has 9 nitrogen and oxygen atoms in total. The molecular weight excluding hydrogens is 494 g/mol. The summed E-state index contributed by atoms with van der Waals surface area (Å²) >= 11 is 6.39. The Hall–Kier alpha value is -3.82. The molecule has 0 radical (unpaired) electrons. The van der Waals surface area contributed by atoms with E-state index in [4.69, 9.17) is 25.5 Å². The van der Waals surface area contributed by atoms with Crippen LogP contribution in [-0.4, -0.2) is 54.1 Å². The minimum Gasteiger partial charge on any atom is -0.490 e. The lowest BCUT2D eigenvalue weighted by Gasteiger charge is -2.32. The first-order valence-corrected chi connectivity index (χ1v) is 12.5. The van der Waals surface area contributed by atoms with Crippen LogP contribution in [-0.2, 0) is 0 Å². The molecule has 10 heteroatoms. The Morgan fingerprint density at radius 2 is 2.03 bits per heavy atom. The third kappa shape index (κ3) is 5.95. The topological polar surface area (TPSA) is 102 Å². The quantitative estimate of drug-likeness (QED) is 0.307. The van der Waals surface area contributed by atoms with Gasteiger partial charge in [-0.25, -0.2) is 0 Å². The van der Waals surface area contributed by atoms with E-state index in [0.717, 1.165) is 18.7 Å². The van der Waals surface area contributed by atoms with Gasteiger partial charge in [-0.05, 0) is 56.8 Å². The highest BCUT2D eigenvalue weighted by molar-refractivity contribution is 6.32. The Morgan fingerprint density at radius 3 is 2.86 bits per heavy atom. The number of halogens is 1. The lowest BCUT2D eigenvalue weighted by molar-refractivity contribution is 0.0958. The SMILES string of the molecule is CNC(=O)c1cc(Oc2ccc3oc(Nc4ccc(Cl)c(OCC5CCCCN5C)c4)nc3c2)ccn1. The number of nitrogens with one attached hydrogen (secondary N) is 2. The first-order chi connectivity index (χ1) is 18.0. The number of carbonyl (C=O) groups excluding carboxylic acids is 1. The number of amides is 1. The number of pyridine rings is 1. The van der Waals surface area contributed by atoms with Gasteiger partial charge < -0.3 is 29.4 Å². The van der Waals surface area contributed by atoms with Crippen molar-refractivity contribution in [1.82, 2.24) is 20.2 Å². The molecule has 1 atom stereocenters. The van der Waals surface area contributed by atoms with Crippen LogP contribution in [0.2, 0.25) is 5.02 Å². The van der Waals surface area contributed by atoms with Crippen molar-refractivity contribution in [2.75, 3.05) is 32.6 Å². The fourth-order valence-corrected chi connectivity index (χ4v) is 4.42. The number of ether oxygens (including phenoxy) is 2. The molecule has 0 spiro atoms. The largest absolute Gasteiger partial charge is 0.490 e. The summed E-state index contributed by atoms with van der Waals surface area (Å²) < 4.78 is 17.8. The van der Waals surface area contributed by atoms with E-state index in [-0.39, 0.29) is 11.6 Å². The van der Waals surface area contributed by atoms with E-state index >= 15 is 0 Å². The number of likely N-dealkylation sites (N-methyl/N-ethyl adjacent to an activating group) is 1. The number of likely N-dealkylation sites (tertiary alicyclic amines) is 1. The molecule has 4 aromatic rings. The van der Waals surface area contributed by atoms with Gasteiger partial charge in [0.15, 0.2) is 5.58 Å². The van der Waals surface area contributed by atoms with Crippen molar-refractivity contribution >= 4 is 40.3 Å². The average molecular weight is 522 g/mol. The number of hydrogen-bond donors (Lipinski definition) is 2. The molecule has 3 heterocycles. The van der Waals surface area contributed by atoms with Crippen molar-refractivity contribution in [2.24, 2.45) is 0 Å². The summed E-state index contributed by atoms with van der Waals surface area (Å²) in [6, 6.07) is 14.8. The minimum absolute atomic E-state index is 0.270. The first-order valence-electron chi connectivity index (χ1n) is 12.1. The molecule has 1 unspecified atom stereocenters. The second-order valence-electron chi connectivity index (χ2n) is 8.92. The fourth-order valence-electron chi connectivity index (χ4n) is 4.24. The van der Waals surface area contributed by atoms with E-state index in [2.05, 4.69) is 32.5 Å². The van der Waals surface area contributed by atoms with Crippen molar-refractivity contribution in [1.29, 1.82) is 0 Å². The van der Waals surface area contributed by atoms with Gasteiger partial charge >= 0.3 is 0 Å². The van der Waals surface area contributed by atoms with Gasteiger partial charge in [0, 0.05) is 43.2 Å². The highest BCUT2D eigenvalue weighted by Gasteiger charge is 2.20. The van der Waals surface area contributed by atoms with Gasteiger partial charge in [-0.1, -0.05) is 18.0 Å². The van der Waals surface area contributed by atoms with Crippen molar-refractivity contribution in [3.8, 4) is 17.2 Å². The van der Waals surface area contributed by atoms with E-state index in [0.29, 0.717) is 52.0 Å². The van der Waals surface area contributed by atoms with Crippen LogP contribution in [0.15, 0.2) is 59.1 Å². The van der Waals surface area contributed by atoms with E-state index in [1.807, 2.05) is 12.1 Å². The van der Waals surface area contributed by atoms with Crippen molar-refractivity contribution in [3.05, 3.63) is 65.4 Å². The summed E-state index contributed by atoms with van der Waals surface area (Å²) in [6.45, 7) is 1.68. The fraction of sp³-hybridized carbons (Fsp3) is 0.296. The van der Waals surface area contributed by atoms with E-state index in [9.17, 15) is 4.79 Å². The van der Waals surface area contributed by atoms with Crippen LogP contribution in [0, 0.1) is 0 Å². The number of fused-ring (bicyclic) bond motifs is 1. The molecule has 2 aromatic carbocycles. The molecule has 0 bridgehead atoms. The second-order valence-corrected chi connectivity index (χ2v) is 9.33. The average Bonchev–Trinajstić information content (AvgIpc) is 3.31. The van der Waals surface area contributed by atoms with Gasteiger partial charge in [-0.15, -0.1) is 0 Å². The van der Waals surface area contributed by atoms with Gasteiger partial charge in [0.25, 0.3) is 11.9 Å². The monoisotopic (exact) mass is 521 g/mol. The smallest absolute Gasteiger partial charge is 0.300 e. The number of oxazole rings is 1. The number of aromatic nitrogens is 2. The zero-order chi connectivity index (χ0) is 25.8. The summed E-state index contributed by atoms with van der Waals surface area (Å²) in [6.07, 6.45) is 5.09. The minimum atomic E-state index is -0.287. The molecule has 1 aliphatic rings. The molecule has 1 fully saturated rings. The molecule has 37 heavy (non-hydrogen) atoms. The Labute approximate surface area is 219 Å². The lowest BCUT2D eigenvalue weighted by atomic mass is 10.0. The number of carbonyl (C=O) groups is 1. The van der Waals surface area contributed by atoms with Gasteiger partial charge in [-0.3, -0.25) is 9.78 Å². The molecule has 0 saturated carbocycles. The molecule has 192 valence electrons. The van der Waals surface area contributed by atoms with Crippen LogP contribution in [0.1, 0.15) is 29.8 Å².